The molecule has 7 rings (SSSR count). The second kappa shape index (κ2) is 5.42. The molecular formula is C18H12N4O4S2. The highest BCUT2D eigenvalue weighted by Crippen LogP contribution is 2.58. The van der Waals surface area contributed by atoms with Crippen LogP contribution in [0, 0.1) is 35.5 Å². The number of aromatic nitrogens is 2. The van der Waals surface area contributed by atoms with E-state index in [0.29, 0.717) is 10.3 Å². The highest BCUT2D eigenvalue weighted by molar-refractivity contribution is 7.14. The molecule has 8 nitrogen and oxygen atoms in total. The van der Waals surface area contributed by atoms with E-state index in [1.807, 2.05) is 12.2 Å². The average molecular weight is 412 g/mol. The molecule has 28 heavy (non-hydrogen) atoms. The highest BCUT2D eigenvalue weighted by atomic mass is 32.1. The number of carbonyl (C=O) groups is 4. The lowest BCUT2D eigenvalue weighted by Gasteiger charge is -2.44. The fourth-order valence-electron chi connectivity index (χ4n) is 5.26. The molecule has 2 unspecified atom stereocenters. The molecule has 2 aromatic rings. The normalized spacial score (nSPS) is 35.9. The Morgan fingerprint density at radius 1 is 0.643 bits per heavy atom. The van der Waals surface area contributed by atoms with Crippen molar-refractivity contribution in [1.82, 2.24) is 9.97 Å². The maximum atomic E-state index is 13.1. The van der Waals surface area contributed by atoms with Gasteiger partial charge in [-0.1, -0.05) is 12.2 Å². The van der Waals surface area contributed by atoms with Crippen LogP contribution in [0.25, 0.3) is 0 Å². The number of hydrogen-bond donors (Lipinski definition) is 0. The number of allylic oxidation sites excluding steroid dienone is 2. The van der Waals surface area contributed by atoms with Crippen molar-refractivity contribution in [2.24, 2.45) is 35.5 Å². The van der Waals surface area contributed by atoms with Crippen molar-refractivity contribution in [3.05, 3.63) is 35.3 Å². The number of anilines is 2. The molecule has 3 aliphatic carbocycles. The van der Waals surface area contributed by atoms with Gasteiger partial charge >= 0.3 is 0 Å². The first-order chi connectivity index (χ1) is 13.6. The molecular weight excluding hydrogens is 400 g/mol. The monoisotopic (exact) mass is 412 g/mol. The molecule has 0 N–H and O–H groups in total. The second-order valence-electron chi connectivity index (χ2n) is 7.30. The molecule has 140 valence electrons. The van der Waals surface area contributed by atoms with E-state index in [9.17, 15) is 19.2 Å². The van der Waals surface area contributed by atoms with Crippen molar-refractivity contribution >= 4 is 56.6 Å². The minimum atomic E-state index is -0.624. The average Bonchev–Trinajstić information content (AvgIpc) is 3.46. The van der Waals surface area contributed by atoms with Crippen molar-refractivity contribution in [1.29, 1.82) is 0 Å². The number of nitrogens with zero attached hydrogens (tertiary/aromatic N) is 4. The number of imide groups is 2. The lowest BCUT2D eigenvalue weighted by Crippen LogP contribution is -2.50. The Labute approximate surface area is 166 Å². The topological polar surface area (TPSA) is 101 Å². The van der Waals surface area contributed by atoms with Crippen LogP contribution in [0.2, 0.25) is 0 Å². The number of carbonyl (C=O) groups excluding carboxylic acids is 4. The van der Waals surface area contributed by atoms with E-state index in [2.05, 4.69) is 9.97 Å². The Morgan fingerprint density at radius 2 is 1.00 bits per heavy atom. The molecule has 0 spiro atoms. The predicted molar refractivity (Wildman–Crippen MR) is 99.3 cm³/mol. The summed E-state index contributed by atoms with van der Waals surface area (Å²) in [5.74, 6) is -4.73. The molecule has 4 amide bonds. The third kappa shape index (κ3) is 1.79. The highest BCUT2D eigenvalue weighted by Gasteiger charge is 2.69. The maximum absolute atomic E-state index is 13.1. The summed E-state index contributed by atoms with van der Waals surface area (Å²) in [6.07, 6.45) is 6.78. The summed E-state index contributed by atoms with van der Waals surface area (Å²) in [6, 6.07) is 0. The van der Waals surface area contributed by atoms with Crippen molar-refractivity contribution in [3.8, 4) is 0 Å². The molecule has 1 saturated carbocycles. The summed E-state index contributed by atoms with van der Waals surface area (Å²) in [4.78, 5) is 63.1. The van der Waals surface area contributed by atoms with E-state index in [1.54, 1.807) is 23.2 Å². The fourth-order valence-corrected chi connectivity index (χ4v) is 6.56. The lowest BCUT2D eigenvalue weighted by atomic mass is 9.54. The standard InChI is InChI=1S/C18H12N4O4S2/c23-13-9-7-1-2-8(11(9)15(25)21(13)17-19-3-5-27-17)12-10(7)14(24)22(16(12)26)18-20-4-6-28-18/h1-12H/t7?,8?,9-,10-,11-,12+/m0/s1. The summed E-state index contributed by atoms with van der Waals surface area (Å²) in [5.41, 5.74) is 0. The minimum absolute atomic E-state index is 0.323. The third-order valence-electron chi connectivity index (χ3n) is 6.23. The molecule has 2 saturated heterocycles. The Kier molecular flexibility index (Phi) is 3.15. The van der Waals surface area contributed by atoms with Gasteiger partial charge in [0.05, 0.1) is 23.7 Å². The van der Waals surface area contributed by atoms with Crippen LogP contribution in [0.1, 0.15) is 0 Å². The van der Waals surface area contributed by atoms with Gasteiger partial charge in [-0.25, -0.2) is 19.8 Å². The van der Waals surface area contributed by atoms with Gasteiger partial charge in [-0.05, 0) is 0 Å². The van der Waals surface area contributed by atoms with E-state index >= 15 is 0 Å². The van der Waals surface area contributed by atoms with Crippen molar-refractivity contribution in [2.45, 2.75) is 0 Å². The van der Waals surface area contributed by atoms with Crippen LogP contribution in [0.4, 0.5) is 10.3 Å². The first-order valence-electron chi connectivity index (χ1n) is 8.82. The van der Waals surface area contributed by atoms with Gasteiger partial charge in [0.15, 0.2) is 10.3 Å². The summed E-state index contributed by atoms with van der Waals surface area (Å²) in [5, 5.41) is 4.10. The van der Waals surface area contributed by atoms with Crippen LogP contribution in [0.3, 0.4) is 0 Å². The second-order valence-corrected chi connectivity index (χ2v) is 9.04. The van der Waals surface area contributed by atoms with Gasteiger partial charge in [0.1, 0.15) is 0 Å². The first kappa shape index (κ1) is 16.3. The number of thiazole rings is 2. The van der Waals surface area contributed by atoms with Crippen molar-refractivity contribution < 1.29 is 19.2 Å². The van der Waals surface area contributed by atoms with E-state index in [4.69, 9.17) is 0 Å². The van der Waals surface area contributed by atoms with E-state index < -0.39 is 35.5 Å². The lowest BCUT2D eigenvalue weighted by molar-refractivity contribution is -0.137. The first-order valence-corrected chi connectivity index (χ1v) is 10.6. The molecule has 4 heterocycles. The van der Waals surface area contributed by atoms with Crippen LogP contribution in [0.5, 0.6) is 0 Å². The van der Waals surface area contributed by atoms with Crippen molar-refractivity contribution in [3.63, 3.8) is 0 Å². The van der Waals surface area contributed by atoms with Crippen LogP contribution < -0.4 is 9.80 Å². The number of amides is 4. The zero-order chi connectivity index (χ0) is 19.2. The fraction of sp³-hybridized carbons (Fsp3) is 0.333. The van der Waals surface area contributed by atoms with Gasteiger partial charge < -0.3 is 0 Å². The molecule has 5 aliphatic rings. The Morgan fingerprint density at radius 3 is 1.29 bits per heavy atom. The summed E-state index contributed by atoms with van der Waals surface area (Å²) in [7, 11) is 0. The van der Waals surface area contributed by atoms with Gasteiger partial charge in [-0.2, -0.15) is 0 Å². The number of hydrogen-bond acceptors (Lipinski definition) is 8. The van der Waals surface area contributed by atoms with Gasteiger partial charge in [0.2, 0.25) is 23.6 Å². The minimum Gasteiger partial charge on any atom is -0.274 e. The van der Waals surface area contributed by atoms with Gasteiger partial charge in [0, 0.05) is 35.0 Å². The van der Waals surface area contributed by atoms with E-state index in [0.717, 1.165) is 9.80 Å². The summed E-state index contributed by atoms with van der Waals surface area (Å²) < 4.78 is 0. The molecule has 2 bridgehead atoms. The third-order valence-corrected chi connectivity index (χ3v) is 7.74. The maximum Gasteiger partial charge on any atom is 0.240 e. The largest absolute Gasteiger partial charge is 0.274 e. The molecule has 6 atom stereocenters. The van der Waals surface area contributed by atoms with Crippen LogP contribution in [-0.4, -0.2) is 33.6 Å². The van der Waals surface area contributed by atoms with Crippen molar-refractivity contribution in [2.75, 3.05) is 9.80 Å². The molecule has 3 fully saturated rings. The Hall–Kier alpha value is -2.72. The van der Waals surface area contributed by atoms with E-state index in [-0.39, 0.29) is 23.6 Å². The SMILES string of the molecule is O=C1[C@@H]2C3C=CC([C@@H]2C(=O)N1c1nccs1)[C@@H]1C(=O)N(c2nccs2)C(=O)[C@@H]31. The predicted octanol–water partition coefficient (Wildman–Crippen LogP) is 1.33. The Bertz CT molecular complexity index is 935. The zero-order valence-electron chi connectivity index (χ0n) is 14.2. The molecule has 2 aromatic heterocycles. The van der Waals surface area contributed by atoms with Gasteiger partial charge in [0.25, 0.3) is 0 Å². The summed E-state index contributed by atoms with van der Waals surface area (Å²) in [6.45, 7) is 0. The molecule has 0 radical (unpaired) electrons. The van der Waals surface area contributed by atoms with Gasteiger partial charge in [-0.15, -0.1) is 22.7 Å². The molecule has 0 aromatic carbocycles. The van der Waals surface area contributed by atoms with Crippen LogP contribution >= 0.6 is 22.7 Å². The van der Waals surface area contributed by atoms with E-state index in [1.165, 1.54) is 22.7 Å². The van der Waals surface area contributed by atoms with Crippen LogP contribution in [-0.2, 0) is 19.2 Å². The smallest absolute Gasteiger partial charge is 0.240 e. The molecule has 2 aliphatic heterocycles. The van der Waals surface area contributed by atoms with Crippen LogP contribution in [0.15, 0.2) is 35.3 Å². The zero-order valence-corrected chi connectivity index (χ0v) is 15.8. The molecule has 10 heteroatoms. The van der Waals surface area contributed by atoms with Gasteiger partial charge in [-0.3, -0.25) is 19.2 Å². The number of rotatable bonds is 2. The summed E-state index contributed by atoms with van der Waals surface area (Å²) >= 11 is 2.44. The quantitative estimate of drug-likeness (QED) is 0.545. The Balaban J connectivity index is 1.44.